The van der Waals surface area contributed by atoms with Gasteiger partial charge in [-0.05, 0) is 12.1 Å². The van der Waals surface area contributed by atoms with Crippen molar-refractivity contribution in [1.29, 1.82) is 0 Å². The third-order valence-corrected chi connectivity index (χ3v) is 2.93. The van der Waals surface area contributed by atoms with Gasteiger partial charge >= 0.3 is 5.69 Å². The lowest BCUT2D eigenvalue weighted by Gasteiger charge is -2.03. The minimum atomic E-state index is -0.671. The number of nitrogen functional groups attached to an aromatic ring is 1. The molecule has 23 heavy (non-hydrogen) atoms. The van der Waals surface area contributed by atoms with Gasteiger partial charge in [-0.3, -0.25) is 10.1 Å². The summed E-state index contributed by atoms with van der Waals surface area (Å²) in [6, 6.07) is 6.17. The van der Waals surface area contributed by atoms with Crippen LogP contribution in [0.4, 0.5) is 27.5 Å². The van der Waals surface area contributed by atoms with E-state index in [9.17, 15) is 14.5 Å². The second kappa shape index (κ2) is 5.67. The molecule has 0 aliphatic carbocycles. The maximum Gasteiger partial charge on any atom is 0.329 e. The van der Waals surface area contributed by atoms with Crippen molar-refractivity contribution in [2.45, 2.75) is 0 Å². The van der Waals surface area contributed by atoms with E-state index in [0.29, 0.717) is 5.69 Å². The molecule has 3 rings (SSSR count). The van der Waals surface area contributed by atoms with Crippen molar-refractivity contribution in [3.8, 4) is 5.69 Å². The third kappa shape index (κ3) is 2.90. The molecular weight excluding hydrogens is 305 g/mol. The van der Waals surface area contributed by atoms with Crippen LogP contribution < -0.4 is 11.1 Å². The Labute approximate surface area is 128 Å². The van der Waals surface area contributed by atoms with Gasteiger partial charge in [0.1, 0.15) is 17.7 Å². The van der Waals surface area contributed by atoms with Crippen LogP contribution in [0.2, 0.25) is 0 Å². The zero-order valence-electron chi connectivity index (χ0n) is 11.5. The normalized spacial score (nSPS) is 10.5. The summed E-state index contributed by atoms with van der Waals surface area (Å²) in [7, 11) is 0. The second-order valence-electron chi connectivity index (χ2n) is 4.47. The third-order valence-electron chi connectivity index (χ3n) is 2.93. The van der Waals surface area contributed by atoms with Gasteiger partial charge < -0.3 is 11.1 Å². The zero-order valence-corrected chi connectivity index (χ0v) is 11.5. The van der Waals surface area contributed by atoms with Gasteiger partial charge in [0, 0.05) is 0 Å². The van der Waals surface area contributed by atoms with Gasteiger partial charge in [0.2, 0.25) is 11.8 Å². The molecule has 0 atom stereocenters. The first-order valence-corrected chi connectivity index (χ1v) is 6.38. The van der Waals surface area contributed by atoms with E-state index in [1.54, 1.807) is 18.2 Å². The molecule has 0 saturated heterocycles. The Bertz CT molecular complexity index is 880. The topological polar surface area (TPSA) is 125 Å². The Hall–Kier alpha value is -3.56. The number of para-hydroxylation sites is 1. The number of benzene rings is 1. The maximum atomic E-state index is 13.7. The molecule has 0 unspecified atom stereocenters. The minimum Gasteiger partial charge on any atom is -0.378 e. The molecule has 10 heteroatoms. The highest BCUT2D eigenvalue weighted by atomic mass is 19.1. The second-order valence-corrected chi connectivity index (χ2v) is 4.47. The van der Waals surface area contributed by atoms with E-state index in [2.05, 4.69) is 20.4 Å². The Kier molecular flexibility index (Phi) is 3.55. The van der Waals surface area contributed by atoms with Crippen LogP contribution >= 0.6 is 0 Å². The summed E-state index contributed by atoms with van der Waals surface area (Å²) in [4.78, 5) is 17.6. The lowest BCUT2D eigenvalue weighted by molar-refractivity contribution is -0.384. The van der Waals surface area contributed by atoms with E-state index in [-0.39, 0.29) is 23.1 Å². The van der Waals surface area contributed by atoms with Gasteiger partial charge in [-0.2, -0.15) is 10.1 Å². The molecule has 3 aromatic rings. The van der Waals surface area contributed by atoms with Crippen LogP contribution in [0.25, 0.3) is 5.69 Å². The first-order chi connectivity index (χ1) is 11.0. The molecule has 9 nitrogen and oxygen atoms in total. The number of anilines is 3. The molecule has 0 aliphatic rings. The number of halogens is 1. The van der Waals surface area contributed by atoms with Gasteiger partial charge in [-0.25, -0.2) is 14.1 Å². The molecule has 0 bridgehead atoms. The number of hydrogen-bond donors (Lipinski definition) is 2. The van der Waals surface area contributed by atoms with Crippen molar-refractivity contribution in [2.75, 3.05) is 11.1 Å². The number of nitrogens with zero attached hydrogens (tertiary/aromatic N) is 5. The molecule has 2 aromatic heterocycles. The first-order valence-electron chi connectivity index (χ1n) is 6.38. The van der Waals surface area contributed by atoms with Gasteiger partial charge in [0.25, 0.3) is 0 Å². The Balaban J connectivity index is 1.84. The molecule has 0 spiro atoms. The van der Waals surface area contributed by atoms with Crippen LogP contribution in [0.15, 0.2) is 42.9 Å². The van der Waals surface area contributed by atoms with Crippen LogP contribution in [-0.4, -0.2) is 24.7 Å². The van der Waals surface area contributed by atoms with E-state index >= 15 is 0 Å². The van der Waals surface area contributed by atoms with E-state index in [4.69, 9.17) is 5.73 Å². The molecule has 3 N–H and O–H groups in total. The lowest BCUT2D eigenvalue weighted by atomic mass is 10.3. The first kappa shape index (κ1) is 14.4. The molecule has 2 heterocycles. The number of hydrogen-bond acceptors (Lipinski definition) is 7. The molecule has 0 radical (unpaired) electrons. The summed E-state index contributed by atoms with van der Waals surface area (Å²) < 4.78 is 15.0. The Morgan fingerprint density at radius 1 is 1.30 bits per heavy atom. The van der Waals surface area contributed by atoms with Crippen molar-refractivity contribution >= 4 is 23.1 Å². The molecular formula is C13H10FN7O2. The zero-order chi connectivity index (χ0) is 16.4. The highest BCUT2D eigenvalue weighted by Gasteiger charge is 2.14. The van der Waals surface area contributed by atoms with Crippen molar-refractivity contribution in [2.24, 2.45) is 0 Å². The summed E-state index contributed by atoms with van der Waals surface area (Å²) in [6.45, 7) is 0. The number of nitro groups is 1. The van der Waals surface area contributed by atoms with E-state index in [1.807, 2.05) is 0 Å². The van der Waals surface area contributed by atoms with Gasteiger partial charge in [0.15, 0.2) is 0 Å². The van der Waals surface area contributed by atoms with E-state index in [0.717, 1.165) is 6.20 Å². The highest BCUT2D eigenvalue weighted by Crippen LogP contribution is 2.21. The Morgan fingerprint density at radius 2 is 2.09 bits per heavy atom. The summed E-state index contributed by atoms with van der Waals surface area (Å²) in [5.41, 5.74) is 5.87. The number of nitrogens with two attached hydrogens (primary N) is 1. The van der Waals surface area contributed by atoms with E-state index in [1.165, 1.54) is 23.1 Å². The molecule has 0 amide bonds. The summed E-state index contributed by atoms with van der Waals surface area (Å²) in [5.74, 6) is -0.604. The van der Waals surface area contributed by atoms with Crippen molar-refractivity contribution in [3.05, 3.63) is 58.8 Å². The Morgan fingerprint density at radius 3 is 2.78 bits per heavy atom. The SMILES string of the molecule is Nc1nc(Nc2cnn(-c3ccccc3F)c2)ncc1[N+](=O)[O-]. The lowest BCUT2D eigenvalue weighted by Crippen LogP contribution is -2.03. The van der Waals surface area contributed by atoms with Gasteiger partial charge in [-0.15, -0.1) is 0 Å². The van der Waals surface area contributed by atoms with Crippen LogP contribution in [0.5, 0.6) is 0 Å². The average Bonchev–Trinajstić information content (AvgIpc) is 2.95. The van der Waals surface area contributed by atoms with Crippen LogP contribution in [-0.2, 0) is 0 Å². The number of nitrogens with one attached hydrogen (secondary N) is 1. The largest absolute Gasteiger partial charge is 0.378 e. The quantitative estimate of drug-likeness (QED) is 0.557. The molecule has 0 aliphatic heterocycles. The number of aromatic nitrogens is 4. The maximum absolute atomic E-state index is 13.7. The summed E-state index contributed by atoms with van der Waals surface area (Å²) in [5, 5.41) is 17.5. The predicted octanol–water partition coefficient (Wildman–Crippen LogP) is 2.04. The molecule has 116 valence electrons. The summed E-state index contributed by atoms with van der Waals surface area (Å²) >= 11 is 0. The monoisotopic (exact) mass is 315 g/mol. The van der Waals surface area contributed by atoms with Gasteiger partial charge in [-0.1, -0.05) is 12.1 Å². The van der Waals surface area contributed by atoms with Crippen LogP contribution in [0, 0.1) is 15.9 Å². The van der Waals surface area contributed by atoms with E-state index < -0.39 is 10.7 Å². The van der Waals surface area contributed by atoms with Crippen molar-refractivity contribution < 1.29 is 9.31 Å². The van der Waals surface area contributed by atoms with Crippen LogP contribution in [0.3, 0.4) is 0 Å². The van der Waals surface area contributed by atoms with Gasteiger partial charge in [0.05, 0.1) is 23.0 Å². The fourth-order valence-electron chi connectivity index (χ4n) is 1.88. The average molecular weight is 315 g/mol. The molecule has 0 fully saturated rings. The standard InChI is InChI=1S/C13H10FN7O2/c14-9-3-1-2-4-10(9)20-7-8(5-17-20)18-13-16-6-11(21(22)23)12(15)19-13/h1-7H,(H3,15,16,18,19). The molecule has 1 aromatic carbocycles. The summed E-state index contributed by atoms with van der Waals surface area (Å²) in [6.07, 6.45) is 3.97. The number of rotatable bonds is 4. The highest BCUT2D eigenvalue weighted by molar-refractivity contribution is 5.58. The van der Waals surface area contributed by atoms with Crippen LogP contribution in [0.1, 0.15) is 0 Å². The fraction of sp³-hybridized carbons (Fsp3) is 0. The smallest absolute Gasteiger partial charge is 0.329 e. The fourth-order valence-corrected chi connectivity index (χ4v) is 1.88. The van der Waals surface area contributed by atoms with Crippen molar-refractivity contribution in [3.63, 3.8) is 0 Å². The molecule has 0 saturated carbocycles. The van der Waals surface area contributed by atoms with Crippen molar-refractivity contribution in [1.82, 2.24) is 19.7 Å². The predicted molar refractivity (Wildman–Crippen MR) is 79.9 cm³/mol. The minimum absolute atomic E-state index is 0.0705.